The number of aromatic carboxylic acids is 1. The van der Waals surface area contributed by atoms with E-state index >= 15 is 0 Å². The molecule has 1 aromatic carbocycles. The minimum absolute atomic E-state index is 0.0218. The molecule has 1 aromatic rings. The molecule has 0 aromatic heterocycles. The predicted octanol–water partition coefficient (Wildman–Crippen LogP) is 3.22. The van der Waals surface area contributed by atoms with E-state index in [2.05, 4.69) is 6.92 Å². The Bertz CT molecular complexity index is 807. The number of carboxylic acids is 1. The van der Waals surface area contributed by atoms with Gasteiger partial charge in [-0.3, -0.25) is 4.79 Å². The van der Waals surface area contributed by atoms with Crippen LogP contribution >= 0.6 is 0 Å². The lowest BCUT2D eigenvalue weighted by atomic mass is 9.51. The Kier molecular flexibility index (Phi) is 4.35. The molecule has 3 atom stereocenters. The van der Waals surface area contributed by atoms with Crippen molar-refractivity contribution in [3.05, 3.63) is 47.2 Å². The molecule has 0 amide bonds. The molecule has 0 bridgehead atoms. The van der Waals surface area contributed by atoms with Crippen LogP contribution in [0.1, 0.15) is 48.5 Å². The first kappa shape index (κ1) is 18.2. The molecule has 6 nitrogen and oxygen atoms in total. The number of fused-ring (bicyclic) bond motifs is 1. The maximum Gasteiger partial charge on any atom is 0.335 e. The number of ketones is 1. The van der Waals surface area contributed by atoms with Gasteiger partial charge in [0.15, 0.2) is 11.6 Å². The Labute approximate surface area is 157 Å². The van der Waals surface area contributed by atoms with Gasteiger partial charge < -0.3 is 19.7 Å². The van der Waals surface area contributed by atoms with E-state index in [1.54, 1.807) is 12.1 Å². The molecule has 27 heavy (non-hydrogen) atoms. The van der Waals surface area contributed by atoms with Crippen molar-refractivity contribution >= 4 is 11.8 Å². The van der Waals surface area contributed by atoms with Crippen molar-refractivity contribution in [1.82, 2.24) is 0 Å². The smallest absolute Gasteiger partial charge is 0.335 e. The second-order valence-electron chi connectivity index (χ2n) is 7.78. The van der Waals surface area contributed by atoms with E-state index in [1.807, 2.05) is 6.07 Å². The third kappa shape index (κ3) is 2.54. The maximum atomic E-state index is 13.5. The average molecular weight is 372 g/mol. The predicted molar refractivity (Wildman–Crippen MR) is 96.6 cm³/mol. The number of benzene rings is 1. The molecule has 3 aliphatic rings. The van der Waals surface area contributed by atoms with Gasteiger partial charge >= 0.3 is 5.97 Å². The van der Waals surface area contributed by atoms with Crippen molar-refractivity contribution in [3.63, 3.8) is 0 Å². The molecule has 1 aliphatic heterocycles. The first-order valence-electron chi connectivity index (χ1n) is 9.44. The lowest BCUT2D eigenvalue weighted by molar-refractivity contribution is -0.234. The van der Waals surface area contributed by atoms with E-state index in [-0.39, 0.29) is 23.2 Å². The largest absolute Gasteiger partial charge is 0.515 e. The van der Waals surface area contributed by atoms with Gasteiger partial charge in [-0.2, -0.15) is 0 Å². The normalized spacial score (nSPS) is 34.0. The minimum atomic E-state index is -1.02. The van der Waals surface area contributed by atoms with Gasteiger partial charge in [-0.25, -0.2) is 4.79 Å². The van der Waals surface area contributed by atoms with Crippen molar-refractivity contribution in [3.8, 4) is 0 Å². The zero-order chi connectivity index (χ0) is 19.2. The van der Waals surface area contributed by atoms with E-state index in [9.17, 15) is 19.8 Å². The number of allylic oxidation sites excluding steroid dienone is 1. The summed E-state index contributed by atoms with van der Waals surface area (Å²) in [6, 6.07) is 6.66. The van der Waals surface area contributed by atoms with Gasteiger partial charge in [0.25, 0.3) is 0 Å². The van der Waals surface area contributed by atoms with Crippen molar-refractivity contribution in [2.75, 3.05) is 13.2 Å². The van der Waals surface area contributed by atoms with Gasteiger partial charge in [0, 0.05) is 17.9 Å². The van der Waals surface area contributed by atoms with E-state index in [1.165, 1.54) is 6.07 Å². The molecule has 2 N–H and O–H groups in total. The minimum Gasteiger partial charge on any atom is -0.515 e. The Balaban J connectivity index is 1.85. The molecule has 0 radical (unpaired) electrons. The number of aliphatic hydroxyl groups is 1. The van der Waals surface area contributed by atoms with Crippen LogP contribution in [0.2, 0.25) is 0 Å². The van der Waals surface area contributed by atoms with Gasteiger partial charge in [-0.1, -0.05) is 19.1 Å². The maximum absolute atomic E-state index is 13.5. The molecule has 3 fully saturated rings. The van der Waals surface area contributed by atoms with Crippen molar-refractivity contribution in [2.45, 2.75) is 43.8 Å². The van der Waals surface area contributed by atoms with Crippen LogP contribution in [-0.2, 0) is 19.7 Å². The van der Waals surface area contributed by atoms with Crippen LogP contribution in [0.25, 0.3) is 0 Å². The average Bonchev–Trinajstić information content (AvgIpc) is 3.15. The molecule has 1 heterocycles. The molecule has 2 saturated carbocycles. The van der Waals surface area contributed by atoms with Crippen molar-refractivity contribution in [2.24, 2.45) is 11.8 Å². The number of carboxylic acid groups (broad SMARTS) is 1. The fourth-order valence-electron chi connectivity index (χ4n) is 5.43. The van der Waals surface area contributed by atoms with Crippen LogP contribution in [0, 0.1) is 11.8 Å². The molecular formula is C21H24O6. The van der Waals surface area contributed by atoms with E-state index < -0.39 is 17.2 Å². The lowest BCUT2D eigenvalue weighted by Gasteiger charge is -2.55. The molecule has 4 rings (SSSR count). The van der Waals surface area contributed by atoms with Gasteiger partial charge in [0.05, 0.1) is 30.5 Å². The fourth-order valence-corrected chi connectivity index (χ4v) is 5.43. The molecule has 1 spiro atoms. The van der Waals surface area contributed by atoms with Crippen LogP contribution in [-0.4, -0.2) is 41.0 Å². The summed E-state index contributed by atoms with van der Waals surface area (Å²) in [6.45, 7) is 3.16. The molecule has 144 valence electrons. The highest BCUT2D eigenvalue weighted by molar-refractivity contribution is 6.05. The third-order valence-corrected chi connectivity index (χ3v) is 6.78. The first-order chi connectivity index (χ1) is 12.9. The monoisotopic (exact) mass is 372 g/mol. The number of aliphatic hydroxyl groups excluding tert-OH is 1. The molecular weight excluding hydrogens is 348 g/mol. The van der Waals surface area contributed by atoms with Gasteiger partial charge in [0.2, 0.25) is 0 Å². The molecule has 6 heteroatoms. The van der Waals surface area contributed by atoms with E-state index in [4.69, 9.17) is 9.47 Å². The second kappa shape index (κ2) is 6.46. The lowest BCUT2D eigenvalue weighted by Crippen LogP contribution is -2.59. The van der Waals surface area contributed by atoms with Gasteiger partial charge in [-0.15, -0.1) is 0 Å². The number of carbonyl (C=O) groups excluding carboxylic acids is 1. The Morgan fingerprint density at radius 3 is 2.67 bits per heavy atom. The second-order valence-corrected chi connectivity index (χ2v) is 7.78. The summed E-state index contributed by atoms with van der Waals surface area (Å²) in [5, 5.41) is 19.0. The van der Waals surface area contributed by atoms with Crippen LogP contribution in [0.4, 0.5) is 0 Å². The summed E-state index contributed by atoms with van der Waals surface area (Å²) in [6.07, 6.45) is 3.19. The highest BCUT2D eigenvalue weighted by Crippen LogP contribution is 2.58. The third-order valence-electron chi connectivity index (χ3n) is 6.78. The number of hydrogen-bond acceptors (Lipinski definition) is 5. The van der Waals surface area contributed by atoms with Crippen molar-refractivity contribution in [1.29, 1.82) is 0 Å². The number of Topliss-reactive ketones (excluding diaryl/α,β-unsaturated/α-hetero) is 1. The fraction of sp³-hybridized carbons (Fsp3) is 0.524. The number of carbonyl (C=O) groups is 2. The quantitative estimate of drug-likeness (QED) is 0.612. The number of rotatable bonds is 2. The Hall–Kier alpha value is -2.18. The zero-order valence-corrected chi connectivity index (χ0v) is 15.3. The summed E-state index contributed by atoms with van der Waals surface area (Å²) in [5.74, 6) is -1.87. The van der Waals surface area contributed by atoms with Crippen molar-refractivity contribution < 1.29 is 29.3 Å². The molecule has 2 aliphatic carbocycles. The SMILES string of the molecule is C[C@H]1[C@@H]2CC/C(=C/O)C(=O)[C@@]2(c2cccc(C(=O)O)c2)CCC12OCCO2. The zero-order valence-electron chi connectivity index (χ0n) is 15.3. The summed E-state index contributed by atoms with van der Waals surface area (Å²) in [5.41, 5.74) is 0.410. The summed E-state index contributed by atoms with van der Waals surface area (Å²) >= 11 is 0. The first-order valence-corrected chi connectivity index (χ1v) is 9.44. The topological polar surface area (TPSA) is 93.1 Å². The summed E-state index contributed by atoms with van der Waals surface area (Å²) in [4.78, 5) is 25.0. The van der Waals surface area contributed by atoms with Crippen LogP contribution in [0.3, 0.4) is 0 Å². The molecule has 1 saturated heterocycles. The number of ether oxygens (including phenoxy) is 2. The summed E-state index contributed by atoms with van der Waals surface area (Å²) in [7, 11) is 0. The highest BCUT2D eigenvalue weighted by atomic mass is 16.7. The van der Waals surface area contributed by atoms with Gasteiger partial charge in [-0.05, 0) is 42.9 Å². The summed E-state index contributed by atoms with van der Waals surface area (Å²) < 4.78 is 12.0. The van der Waals surface area contributed by atoms with Crippen LogP contribution in [0.5, 0.6) is 0 Å². The highest BCUT2D eigenvalue weighted by Gasteiger charge is 2.61. The van der Waals surface area contributed by atoms with E-state index in [0.29, 0.717) is 50.0 Å². The Morgan fingerprint density at radius 1 is 1.26 bits per heavy atom. The number of hydrogen-bond donors (Lipinski definition) is 2. The van der Waals surface area contributed by atoms with Crippen LogP contribution < -0.4 is 0 Å². The van der Waals surface area contributed by atoms with Crippen LogP contribution in [0.15, 0.2) is 36.1 Å². The Morgan fingerprint density at radius 2 is 2.00 bits per heavy atom. The van der Waals surface area contributed by atoms with Gasteiger partial charge in [0.1, 0.15) is 0 Å². The van der Waals surface area contributed by atoms with E-state index in [0.717, 1.165) is 6.26 Å². The molecule has 0 unspecified atom stereocenters. The standard InChI is InChI=1S/C21H24O6/c1-13-17-6-5-15(12-22)18(23)20(17,7-8-21(13)26-9-10-27-21)16-4-2-3-14(11-16)19(24)25/h2-4,11-13,17,22H,5-10H2,1H3,(H,24,25)/b15-12-/t13-,17-,20+/m0/s1.